The van der Waals surface area contributed by atoms with Gasteiger partial charge in [-0.2, -0.15) is 0 Å². The first-order chi connectivity index (χ1) is 11.5. The lowest BCUT2D eigenvalue weighted by Crippen LogP contribution is -2.42. The van der Waals surface area contributed by atoms with Gasteiger partial charge in [-0.1, -0.05) is 102 Å². The van der Waals surface area contributed by atoms with Gasteiger partial charge in [0, 0.05) is 0 Å². The van der Waals surface area contributed by atoms with Crippen LogP contribution in [0, 0.1) is 0 Å². The van der Waals surface area contributed by atoms with Gasteiger partial charge in [0.1, 0.15) is 0 Å². The van der Waals surface area contributed by atoms with Crippen molar-refractivity contribution in [1.82, 2.24) is 0 Å². The third-order valence-electron chi connectivity index (χ3n) is 6.25. The fourth-order valence-corrected chi connectivity index (χ4v) is 7.37. The summed E-state index contributed by atoms with van der Waals surface area (Å²) in [5, 5.41) is 1.88. The summed E-state index contributed by atoms with van der Waals surface area (Å²) in [5.74, 6) is 1.93. The normalized spacial score (nSPS) is 22.1. The van der Waals surface area contributed by atoms with Crippen molar-refractivity contribution in [2.75, 3.05) is 7.11 Å². The van der Waals surface area contributed by atoms with Crippen molar-refractivity contribution in [3.63, 3.8) is 0 Å². The Bertz CT molecular complexity index is 394. The van der Waals surface area contributed by atoms with Gasteiger partial charge in [0.25, 0.3) is 0 Å². The topological polar surface area (TPSA) is 9.23 Å². The Morgan fingerprint density at radius 1 is 0.917 bits per heavy atom. The summed E-state index contributed by atoms with van der Waals surface area (Å²) in [6.07, 6.45) is 22.4. The number of ether oxygens (including phenoxy) is 1. The molecule has 0 bridgehead atoms. The monoisotopic (exact) mass is 346 g/mol. The van der Waals surface area contributed by atoms with E-state index in [1.165, 1.54) is 64.2 Å². The highest BCUT2D eigenvalue weighted by atomic mass is 28.3. The van der Waals surface area contributed by atoms with Crippen LogP contribution in [0.25, 0.3) is 0 Å². The first kappa shape index (κ1) is 19.9. The zero-order valence-electron chi connectivity index (χ0n) is 16.7. The van der Waals surface area contributed by atoms with Crippen LogP contribution in [0.2, 0.25) is 31.3 Å². The predicted octanol–water partition coefficient (Wildman–Crippen LogP) is 7.04. The molecule has 0 atom stereocenters. The zero-order valence-corrected chi connectivity index (χ0v) is 17.7. The van der Waals surface area contributed by atoms with Crippen LogP contribution in [-0.2, 0) is 4.74 Å². The van der Waals surface area contributed by atoms with Crippen LogP contribution in [0.5, 0.6) is 0 Å². The Kier molecular flexibility index (Phi) is 8.20. The summed E-state index contributed by atoms with van der Waals surface area (Å²) in [6.45, 7) is 8.58. The lowest BCUT2D eigenvalue weighted by molar-refractivity contribution is 0.337. The number of hydrogen-bond donors (Lipinski definition) is 0. The molecule has 1 nitrogen and oxygen atoms in total. The van der Waals surface area contributed by atoms with Crippen LogP contribution in [0.3, 0.4) is 0 Å². The summed E-state index contributed by atoms with van der Waals surface area (Å²) in [6, 6.07) is 0. The Labute approximate surface area is 152 Å². The van der Waals surface area contributed by atoms with Crippen LogP contribution >= 0.6 is 0 Å². The highest BCUT2D eigenvalue weighted by Gasteiger charge is 2.40. The minimum Gasteiger partial charge on any atom is -0.505 e. The molecule has 0 unspecified atom stereocenters. The molecule has 0 N–H and O–H groups in total. The number of hydrogen-bond acceptors (Lipinski definition) is 1. The van der Waals surface area contributed by atoms with E-state index in [0.717, 1.165) is 24.8 Å². The van der Waals surface area contributed by atoms with Crippen molar-refractivity contribution in [1.29, 1.82) is 0 Å². The van der Waals surface area contributed by atoms with Crippen LogP contribution in [0.15, 0.2) is 23.5 Å². The maximum absolute atomic E-state index is 5.10. The molecule has 0 aromatic carbocycles. The molecule has 0 aromatic heterocycles. The van der Waals surface area contributed by atoms with E-state index < -0.39 is 8.07 Å². The maximum Gasteiger partial charge on any atom is 0.171 e. The van der Waals surface area contributed by atoms with Gasteiger partial charge in [0.05, 0.1) is 21.4 Å². The number of methoxy groups -OCH3 is 1. The molecule has 2 fully saturated rings. The van der Waals surface area contributed by atoms with E-state index in [0.29, 0.717) is 0 Å². The van der Waals surface area contributed by atoms with Crippen LogP contribution in [0.1, 0.15) is 70.6 Å². The quantitative estimate of drug-likeness (QED) is 0.355. The van der Waals surface area contributed by atoms with E-state index >= 15 is 0 Å². The molecule has 2 aliphatic carbocycles. The standard InChI is InChI=1S/C21H39BOSi/c1-23-18-12-11-17-21(24(2,3)4)22(19-13-7-5-8-14-19)20-15-9-6-10-16-20/h12,17-20H,5-11,13-16H2,1-4H3/b18-12-,21-17-. The smallest absolute Gasteiger partial charge is 0.171 e. The molecule has 0 aliphatic heterocycles. The highest BCUT2D eigenvalue weighted by Crippen LogP contribution is 2.45. The molecule has 2 rings (SSSR count). The molecule has 136 valence electrons. The summed E-state index contributed by atoms with van der Waals surface area (Å²) < 4.78 is 5.10. The Hall–Kier alpha value is -0.438. The van der Waals surface area contributed by atoms with Crippen molar-refractivity contribution >= 4 is 14.8 Å². The van der Waals surface area contributed by atoms with Gasteiger partial charge >= 0.3 is 0 Å². The van der Waals surface area contributed by atoms with E-state index in [2.05, 4.69) is 31.8 Å². The van der Waals surface area contributed by atoms with E-state index in [1.807, 2.05) is 11.4 Å². The van der Waals surface area contributed by atoms with Gasteiger partial charge in [-0.3, -0.25) is 0 Å². The van der Waals surface area contributed by atoms with Crippen LogP contribution in [0.4, 0.5) is 0 Å². The molecule has 2 aliphatic rings. The SMILES string of the molecule is CO/C=C\C/C=C(/B(C1CCCCC1)C1CCCCC1)[Si](C)(C)C. The van der Waals surface area contributed by atoms with Gasteiger partial charge in [-0.05, 0) is 12.5 Å². The van der Waals surface area contributed by atoms with Crippen molar-refractivity contribution in [2.24, 2.45) is 0 Å². The Morgan fingerprint density at radius 2 is 1.42 bits per heavy atom. The van der Waals surface area contributed by atoms with Crippen LogP contribution in [-0.4, -0.2) is 21.9 Å². The molecule has 2 saturated carbocycles. The molecule has 24 heavy (non-hydrogen) atoms. The van der Waals surface area contributed by atoms with Gasteiger partial charge in [0.15, 0.2) is 6.71 Å². The molecular formula is C21H39BOSi. The summed E-state index contributed by atoms with van der Waals surface area (Å²) in [4.78, 5) is 0. The molecule has 0 radical (unpaired) electrons. The summed E-state index contributed by atoms with van der Waals surface area (Å²) in [7, 11) is 0.451. The third-order valence-corrected chi connectivity index (χ3v) is 8.52. The molecular weight excluding hydrogens is 307 g/mol. The minimum atomic E-state index is -1.29. The van der Waals surface area contributed by atoms with Gasteiger partial charge in [0.2, 0.25) is 0 Å². The largest absolute Gasteiger partial charge is 0.505 e. The van der Waals surface area contributed by atoms with Gasteiger partial charge in [-0.25, -0.2) is 0 Å². The second-order valence-corrected chi connectivity index (χ2v) is 14.2. The van der Waals surface area contributed by atoms with E-state index in [-0.39, 0.29) is 0 Å². The summed E-state index contributed by atoms with van der Waals surface area (Å²) >= 11 is 0. The van der Waals surface area contributed by atoms with Crippen molar-refractivity contribution in [2.45, 2.75) is 102 Å². The lowest BCUT2D eigenvalue weighted by Gasteiger charge is -2.40. The van der Waals surface area contributed by atoms with Crippen LogP contribution < -0.4 is 0 Å². The average Bonchev–Trinajstić information content (AvgIpc) is 2.58. The fourth-order valence-electron chi connectivity index (χ4n) is 5.17. The third kappa shape index (κ3) is 5.82. The molecule has 0 amide bonds. The van der Waals surface area contributed by atoms with Crippen molar-refractivity contribution in [3.05, 3.63) is 23.5 Å². The average molecular weight is 346 g/mol. The number of allylic oxidation sites excluding steroid dienone is 2. The zero-order chi connectivity index (χ0) is 17.4. The molecule has 0 aromatic rings. The van der Waals surface area contributed by atoms with Gasteiger partial charge in [-0.15, -0.1) is 5.10 Å². The second kappa shape index (κ2) is 9.89. The lowest BCUT2D eigenvalue weighted by atomic mass is 9.30. The molecule has 3 heteroatoms. The molecule has 0 spiro atoms. The van der Waals surface area contributed by atoms with Gasteiger partial charge < -0.3 is 4.74 Å². The molecule has 0 heterocycles. The van der Waals surface area contributed by atoms with E-state index in [4.69, 9.17) is 4.74 Å². The minimum absolute atomic E-state index is 0.883. The first-order valence-electron chi connectivity index (χ1n) is 10.4. The maximum atomic E-state index is 5.10. The summed E-state index contributed by atoms with van der Waals surface area (Å²) in [5.41, 5.74) is 0. The first-order valence-corrected chi connectivity index (χ1v) is 13.9. The number of rotatable bonds is 7. The highest BCUT2D eigenvalue weighted by molar-refractivity contribution is 6.99. The van der Waals surface area contributed by atoms with E-state index in [1.54, 1.807) is 7.11 Å². The Morgan fingerprint density at radius 3 is 1.83 bits per heavy atom. The van der Waals surface area contributed by atoms with Crippen molar-refractivity contribution < 1.29 is 4.74 Å². The fraction of sp³-hybridized carbons (Fsp3) is 0.810. The second-order valence-electron chi connectivity index (χ2n) is 9.07. The van der Waals surface area contributed by atoms with Crippen molar-refractivity contribution in [3.8, 4) is 0 Å². The molecule has 0 saturated heterocycles. The van der Waals surface area contributed by atoms with E-state index in [9.17, 15) is 0 Å². The predicted molar refractivity (Wildman–Crippen MR) is 112 cm³/mol. The Balaban J connectivity index is 2.26.